The summed E-state index contributed by atoms with van der Waals surface area (Å²) >= 11 is 0. The Balaban J connectivity index is 2.39. The van der Waals surface area contributed by atoms with Crippen LogP contribution in [-0.2, 0) is 9.53 Å². The molecule has 0 saturated heterocycles. The summed E-state index contributed by atoms with van der Waals surface area (Å²) < 4.78 is 5.33. The van der Waals surface area contributed by atoms with Gasteiger partial charge in [0.25, 0.3) is 0 Å². The summed E-state index contributed by atoms with van der Waals surface area (Å²) in [4.78, 5) is 11.7. The van der Waals surface area contributed by atoms with Gasteiger partial charge in [-0.2, -0.15) is 0 Å². The van der Waals surface area contributed by atoms with Crippen LogP contribution in [0.5, 0.6) is 0 Å². The maximum Gasteiger partial charge on any atom is 0.246 e. The zero-order chi connectivity index (χ0) is 12.8. The number of hydrogen-bond acceptors (Lipinski definition) is 2. The summed E-state index contributed by atoms with van der Waals surface area (Å²) in [5, 5.41) is 3.14. The van der Waals surface area contributed by atoms with Crippen molar-refractivity contribution in [3.8, 4) is 0 Å². The highest BCUT2D eigenvalue weighted by Gasteiger charge is 2.28. The monoisotopic (exact) mass is 241 g/mol. The smallest absolute Gasteiger partial charge is 0.246 e. The van der Waals surface area contributed by atoms with Gasteiger partial charge in [0, 0.05) is 6.04 Å². The van der Waals surface area contributed by atoms with E-state index >= 15 is 0 Å². The fraction of sp³-hybridized carbons (Fsp3) is 0.929. The molecular formula is C14H27NO2. The van der Waals surface area contributed by atoms with Gasteiger partial charge in [0.15, 0.2) is 0 Å². The van der Waals surface area contributed by atoms with Gasteiger partial charge in [0.05, 0.1) is 6.10 Å². The molecule has 0 heterocycles. The summed E-state index contributed by atoms with van der Waals surface area (Å²) in [6, 6.07) is 0.354. The van der Waals surface area contributed by atoms with E-state index in [1.165, 1.54) is 19.3 Å². The Hall–Kier alpha value is -0.570. The maximum absolute atomic E-state index is 11.7. The molecule has 1 fully saturated rings. The van der Waals surface area contributed by atoms with Crippen LogP contribution in [0, 0.1) is 11.8 Å². The van der Waals surface area contributed by atoms with Crippen molar-refractivity contribution in [2.75, 3.05) is 6.61 Å². The number of nitrogens with one attached hydrogen (secondary N) is 1. The first kappa shape index (κ1) is 14.5. The number of amides is 1. The summed E-state index contributed by atoms with van der Waals surface area (Å²) in [6.45, 7) is 8.59. The lowest BCUT2D eigenvalue weighted by atomic mass is 9.78. The third kappa shape index (κ3) is 5.07. The predicted molar refractivity (Wildman–Crippen MR) is 69.8 cm³/mol. The second-order valence-corrected chi connectivity index (χ2v) is 5.73. The first-order chi connectivity index (χ1) is 8.00. The predicted octanol–water partition coefficient (Wildman–Crippen LogP) is 2.74. The molecule has 0 bridgehead atoms. The van der Waals surface area contributed by atoms with Crippen LogP contribution < -0.4 is 5.32 Å². The highest BCUT2D eigenvalue weighted by atomic mass is 16.5. The molecule has 17 heavy (non-hydrogen) atoms. The molecule has 2 unspecified atom stereocenters. The SMILES string of the molecule is CC(C)OCC(=O)NC1CCCCC1C(C)C. The number of hydrogen-bond donors (Lipinski definition) is 1. The van der Waals surface area contributed by atoms with Crippen molar-refractivity contribution in [1.82, 2.24) is 5.32 Å². The quantitative estimate of drug-likeness (QED) is 0.803. The van der Waals surface area contributed by atoms with E-state index in [0.717, 1.165) is 6.42 Å². The Morgan fingerprint density at radius 3 is 2.47 bits per heavy atom. The van der Waals surface area contributed by atoms with Gasteiger partial charge >= 0.3 is 0 Å². The van der Waals surface area contributed by atoms with E-state index in [4.69, 9.17) is 4.74 Å². The van der Waals surface area contributed by atoms with E-state index in [2.05, 4.69) is 19.2 Å². The molecule has 1 saturated carbocycles. The van der Waals surface area contributed by atoms with Crippen molar-refractivity contribution in [2.45, 2.75) is 65.5 Å². The van der Waals surface area contributed by atoms with E-state index in [-0.39, 0.29) is 18.6 Å². The summed E-state index contributed by atoms with van der Waals surface area (Å²) in [5.41, 5.74) is 0. The summed E-state index contributed by atoms with van der Waals surface area (Å²) in [6.07, 6.45) is 5.02. The molecule has 2 atom stereocenters. The Bertz CT molecular complexity index is 238. The van der Waals surface area contributed by atoms with Crippen LogP contribution in [0.2, 0.25) is 0 Å². The van der Waals surface area contributed by atoms with Gasteiger partial charge in [-0.25, -0.2) is 0 Å². The first-order valence-corrected chi connectivity index (χ1v) is 6.91. The first-order valence-electron chi connectivity index (χ1n) is 6.91. The molecule has 3 nitrogen and oxygen atoms in total. The molecule has 1 amide bonds. The van der Waals surface area contributed by atoms with Gasteiger partial charge in [0.1, 0.15) is 6.61 Å². The largest absolute Gasteiger partial charge is 0.369 e. The second kappa shape index (κ2) is 7.00. The van der Waals surface area contributed by atoms with E-state index in [0.29, 0.717) is 17.9 Å². The second-order valence-electron chi connectivity index (χ2n) is 5.73. The minimum Gasteiger partial charge on any atom is -0.369 e. The molecule has 0 aliphatic heterocycles. The van der Waals surface area contributed by atoms with Crippen molar-refractivity contribution in [3.05, 3.63) is 0 Å². The van der Waals surface area contributed by atoms with Crippen LogP contribution in [-0.4, -0.2) is 24.7 Å². The topological polar surface area (TPSA) is 38.3 Å². The van der Waals surface area contributed by atoms with E-state index in [1.54, 1.807) is 0 Å². The van der Waals surface area contributed by atoms with Crippen molar-refractivity contribution in [1.29, 1.82) is 0 Å². The maximum atomic E-state index is 11.7. The number of carbonyl (C=O) groups is 1. The van der Waals surface area contributed by atoms with E-state index < -0.39 is 0 Å². The fourth-order valence-electron chi connectivity index (χ4n) is 2.63. The van der Waals surface area contributed by atoms with Crippen LogP contribution >= 0.6 is 0 Å². The lowest BCUT2D eigenvalue weighted by Gasteiger charge is -2.34. The third-order valence-electron chi connectivity index (χ3n) is 3.57. The molecule has 1 aliphatic rings. The Morgan fingerprint density at radius 2 is 1.88 bits per heavy atom. The van der Waals surface area contributed by atoms with Crippen LogP contribution in [0.25, 0.3) is 0 Å². The molecule has 0 aromatic heterocycles. The molecule has 1 aliphatic carbocycles. The minimum absolute atomic E-state index is 0.0382. The third-order valence-corrected chi connectivity index (χ3v) is 3.57. The van der Waals surface area contributed by atoms with Crippen LogP contribution in [0.4, 0.5) is 0 Å². The molecule has 1 N–H and O–H groups in total. The lowest BCUT2D eigenvalue weighted by molar-refractivity contribution is -0.128. The Labute approximate surface area is 105 Å². The van der Waals surface area contributed by atoms with Crippen LogP contribution in [0.1, 0.15) is 53.4 Å². The average Bonchev–Trinajstić information content (AvgIpc) is 2.27. The molecular weight excluding hydrogens is 214 g/mol. The number of ether oxygens (including phenoxy) is 1. The highest BCUT2D eigenvalue weighted by molar-refractivity contribution is 5.77. The van der Waals surface area contributed by atoms with Gasteiger partial charge in [-0.3, -0.25) is 4.79 Å². The van der Waals surface area contributed by atoms with Crippen molar-refractivity contribution < 1.29 is 9.53 Å². The molecule has 0 radical (unpaired) electrons. The average molecular weight is 241 g/mol. The molecule has 100 valence electrons. The molecule has 1 rings (SSSR count). The number of rotatable bonds is 5. The van der Waals surface area contributed by atoms with Crippen molar-refractivity contribution in [3.63, 3.8) is 0 Å². The van der Waals surface area contributed by atoms with Crippen molar-refractivity contribution >= 4 is 5.91 Å². The van der Waals surface area contributed by atoms with Gasteiger partial charge in [-0.1, -0.05) is 26.7 Å². The Morgan fingerprint density at radius 1 is 1.24 bits per heavy atom. The zero-order valence-corrected chi connectivity index (χ0v) is 11.7. The zero-order valence-electron chi connectivity index (χ0n) is 11.7. The van der Waals surface area contributed by atoms with Gasteiger partial charge in [-0.15, -0.1) is 0 Å². The molecule has 0 aromatic rings. The fourth-order valence-corrected chi connectivity index (χ4v) is 2.63. The van der Waals surface area contributed by atoms with Gasteiger partial charge in [0.2, 0.25) is 5.91 Å². The number of carbonyl (C=O) groups excluding carboxylic acids is 1. The molecule has 0 spiro atoms. The molecule has 0 aromatic carbocycles. The summed E-state index contributed by atoms with van der Waals surface area (Å²) in [7, 11) is 0. The lowest BCUT2D eigenvalue weighted by Crippen LogP contribution is -2.45. The van der Waals surface area contributed by atoms with Crippen LogP contribution in [0.3, 0.4) is 0 Å². The summed E-state index contributed by atoms with van der Waals surface area (Å²) in [5.74, 6) is 1.31. The molecule has 3 heteroatoms. The van der Waals surface area contributed by atoms with Gasteiger partial charge in [-0.05, 0) is 38.5 Å². The van der Waals surface area contributed by atoms with Crippen LogP contribution in [0.15, 0.2) is 0 Å². The standard InChI is InChI=1S/C14H27NO2/c1-10(2)12-7-5-6-8-13(12)15-14(16)9-17-11(3)4/h10-13H,5-9H2,1-4H3,(H,15,16). The van der Waals surface area contributed by atoms with Gasteiger partial charge < -0.3 is 10.1 Å². The minimum atomic E-state index is 0.0382. The Kier molecular flexibility index (Phi) is 5.96. The van der Waals surface area contributed by atoms with E-state index in [9.17, 15) is 4.79 Å². The highest BCUT2D eigenvalue weighted by Crippen LogP contribution is 2.30. The normalized spacial score (nSPS) is 25.3. The van der Waals surface area contributed by atoms with Crippen molar-refractivity contribution in [2.24, 2.45) is 11.8 Å². The van der Waals surface area contributed by atoms with E-state index in [1.807, 2.05) is 13.8 Å².